The zero-order valence-corrected chi connectivity index (χ0v) is 12.1. The van der Waals surface area contributed by atoms with E-state index in [2.05, 4.69) is 5.32 Å². The van der Waals surface area contributed by atoms with Gasteiger partial charge in [-0.3, -0.25) is 9.59 Å². The molecule has 0 saturated heterocycles. The van der Waals surface area contributed by atoms with Crippen LogP contribution in [0.2, 0.25) is 0 Å². The zero-order chi connectivity index (χ0) is 17.6. The van der Waals surface area contributed by atoms with Crippen LogP contribution in [0.5, 0.6) is 0 Å². The van der Waals surface area contributed by atoms with Gasteiger partial charge in [-0.25, -0.2) is 13.6 Å². The zero-order valence-electron chi connectivity index (χ0n) is 12.1. The van der Waals surface area contributed by atoms with Gasteiger partial charge in [-0.2, -0.15) is 0 Å². The Balaban J connectivity index is 2.71. The van der Waals surface area contributed by atoms with E-state index in [9.17, 15) is 23.2 Å². The van der Waals surface area contributed by atoms with Gasteiger partial charge in [0, 0.05) is 12.8 Å². The summed E-state index contributed by atoms with van der Waals surface area (Å²) in [7, 11) is 0. The largest absolute Gasteiger partial charge is 0.480 e. The van der Waals surface area contributed by atoms with E-state index in [1.165, 1.54) is 6.07 Å². The molecule has 0 aliphatic heterocycles. The van der Waals surface area contributed by atoms with Crippen molar-refractivity contribution in [3.63, 3.8) is 0 Å². The molecule has 126 valence electrons. The fourth-order valence-corrected chi connectivity index (χ4v) is 1.81. The topological polar surface area (TPSA) is 136 Å². The third kappa shape index (κ3) is 5.99. The fourth-order valence-electron chi connectivity index (χ4n) is 1.81. The molecular formula is C14H17F2N3O4. The first-order chi connectivity index (χ1) is 10.7. The number of halogens is 2. The van der Waals surface area contributed by atoms with Gasteiger partial charge < -0.3 is 21.9 Å². The first-order valence-corrected chi connectivity index (χ1v) is 6.71. The lowest BCUT2D eigenvalue weighted by atomic mass is 10.0. The lowest BCUT2D eigenvalue weighted by Crippen LogP contribution is -2.49. The summed E-state index contributed by atoms with van der Waals surface area (Å²) in [6.45, 7) is 0. The first kappa shape index (κ1) is 18.5. The van der Waals surface area contributed by atoms with Crippen molar-refractivity contribution in [2.45, 2.75) is 31.3 Å². The van der Waals surface area contributed by atoms with Crippen LogP contribution in [0.3, 0.4) is 0 Å². The lowest BCUT2D eigenvalue weighted by Gasteiger charge is -2.17. The van der Waals surface area contributed by atoms with Crippen molar-refractivity contribution < 1.29 is 28.3 Å². The molecule has 1 unspecified atom stereocenters. The van der Waals surface area contributed by atoms with E-state index in [1.807, 2.05) is 0 Å². The molecule has 2 amide bonds. The highest BCUT2D eigenvalue weighted by molar-refractivity contribution is 5.87. The lowest BCUT2D eigenvalue weighted by molar-refractivity contribution is -0.142. The molecule has 9 heteroatoms. The Morgan fingerprint density at radius 2 is 1.87 bits per heavy atom. The molecule has 0 spiro atoms. The van der Waals surface area contributed by atoms with Gasteiger partial charge in [-0.1, -0.05) is 6.07 Å². The summed E-state index contributed by atoms with van der Waals surface area (Å²) in [6, 6.07) is 0.461. The number of hydrogen-bond acceptors (Lipinski definition) is 4. The van der Waals surface area contributed by atoms with Crippen molar-refractivity contribution in [2.24, 2.45) is 11.5 Å². The van der Waals surface area contributed by atoms with Gasteiger partial charge >= 0.3 is 5.97 Å². The van der Waals surface area contributed by atoms with Crippen molar-refractivity contribution in [1.82, 2.24) is 5.32 Å². The second kappa shape index (κ2) is 8.18. The minimum Gasteiger partial charge on any atom is -0.480 e. The Morgan fingerprint density at radius 1 is 1.22 bits per heavy atom. The third-order valence-electron chi connectivity index (χ3n) is 3.08. The number of rotatable bonds is 8. The minimum absolute atomic E-state index is 0.0291. The molecular weight excluding hydrogens is 312 g/mol. The molecule has 1 aromatic rings. The van der Waals surface area contributed by atoms with E-state index in [0.717, 1.165) is 12.1 Å². The third-order valence-corrected chi connectivity index (χ3v) is 3.08. The van der Waals surface area contributed by atoms with Crippen molar-refractivity contribution in [3.05, 3.63) is 35.4 Å². The molecule has 0 bridgehead atoms. The molecule has 7 nitrogen and oxygen atoms in total. The van der Waals surface area contributed by atoms with Gasteiger partial charge in [0.1, 0.15) is 6.04 Å². The highest BCUT2D eigenvalue weighted by atomic mass is 19.2. The molecule has 0 aliphatic carbocycles. The summed E-state index contributed by atoms with van der Waals surface area (Å²) in [5.41, 5.74) is 10.7. The van der Waals surface area contributed by atoms with Crippen LogP contribution in [0, 0.1) is 11.6 Å². The second-order valence-electron chi connectivity index (χ2n) is 4.96. The number of benzene rings is 1. The van der Waals surface area contributed by atoms with Gasteiger partial charge in [-0.15, -0.1) is 0 Å². The van der Waals surface area contributed by atoms with Gasteiger partial charge in [0.05, 0.1) is 6.04 Å². The maximum atomic E-state index is 13.1. The first-order valence-electron chi connectivity index (χ1n) is 6.71. The highest BCUT2D eigenvalue weighted by Gasteiger charge is 2.24. The summed E-state index contributed by atoms with van der Waals surface area (Å²) >= 11 is 0. The quantitative estimate of drug-likeness (QED) is 0.518. The summed E-state index contributed by atoms with van der Waals surface area (Å²) < 4.78 is 26.0. The molecule has 0 heterocycles. The van der Waals surface area contributed by atoms with Crippen LogP contribution < -0.4 is 16.8 Å². The fraction of sp³-hybridized carbons (Fsp3) is 0.357. The van der Waals surface area contributed by atoms with E-state index in [1.54, 1.807) is 0 Å². The van der Waals surface area contributed by atoms with Gasteiger partial charge in [0.15, 0.2) is 11.6 Å². The van der Waals surface area contributed by atoms with Gasteiger partial charge in [0.25, 0.3) is 0 Å². The van der Waals surface area contributed by atoms with Crippen LogP contribution in [0.4, 0.5) is 8.78 Å². The number of carbonyl (C=O) groups excluding carboxylic acids is 2. The maximum Gasteiger partial charge on any atom is 0.326 e. The van der Waals surface area contributed by atoms with Crippen LogP contribution >= 0.6 is 0 Å². The van der Waals surface area contributed by atoms with Gasteiger partial charge in [0.2, 0.25) is 11.8 Å². The number of nitrogens with two attached hydrogens (primary N) is 2. The Kier molecular flexibility index (Phi) is 6.58. The molecule has 2 atom stereocenters. The Bertz CT molecular complexity index is 610. The predicted molar refractivity (Wildman–Crippen MR) is 76.0 cm³/mol. The number of aliphatic carboxylic acids is 1. The molecule has 0 aliphatic rings. The van der Waals surface area contributed by atoms with Crippen molar-refractivity contribution in [3.8, 4) is 0 Å². The number of carboxylic acid groups (broad SMARTS) is 1. The number of amides is 2. The van der Waals surface area contributed by atoms with Crippen LogP contribution in [0.25, 0.3) is 0 Å². The molecule has 23 heavy (non-hydrogen) atoms. The van der Waals surface area contributed by atoms with Crippen molar-refractivity contribution >= 4 is 17.8 Å². The molecule has 0 radical (unpaired) electrons. The molecule has 1 aromatic carbocycles. The Labute approximate surface area is 130 Å². The van der Waals surface area contributed by atoms with E-state index < -0.39 is 41.5 Å². The Morgan fingerprint density at radius 3 is 2.39 bits per heavy atom. The second-order valence-corrected chi connectivity index (χ2v) is 4.96. The molecule has 6 N–H and O–H groups in total. The van der Waals surface area contributed by atoms with Crippen molar-refractivity contribution in [1.29, 1.82) is 0 Å². The van der Waals surface area contributed by atoms with E-state index in [0.29, 0.717) is 0 Å². The summed E-state index contributed by atoms with van der Waals surface area (Å²) in [5, 5.41) is 11.3. The standard InChI is InChI=1S/C14H17F2N3O4/c15-8-2-1-7(5-9(8)16)6-11(14(22)23)19-13(21)10(17)3-4-12(18)20/h1-2,5,10-11H,3-4,6,17H2,(H2,18,20)(H,19,21)(H,22,23)/t10-,11?/m0/s1. The van der Waals surface area contributed by atoms with Gasteiger partial charge in [-0.05, 0) is 24.1 Å². The molecule has 0 aromatic heterocycles. The number of primary amides is 1. The highest BCUT2D eigenvalue weighted by Crippen LogP contribution is 2.11. The summed E-state index contributed by atoms with van der Waals surface area (Å²) in [5.74, 6) is -4.94. The van der Waals surface area contributed by atoms with Crippen LogP contribution in [-0.4, -0.2) is 35.0 Å². The number of hydrogen-bond donors (Lipinski definition) is 4. The average molecular weight is 329 g/mol. The van der Waals surface area contributed by atoms with E-state index >= 15 is 0 Å². The summed E-state index contributed by atoms with van der Waals surface area (Å²) in [4.78, 5) is 33.6. The van der Waals surface area contributed by atoms with Crippen molar-refractivity contribution in [2.75, 3.05) is 0 Å². The maximum absolute atomic E-state index is 13.1. The molecule has 1 rings (SSSR count). The summed E-state index contributed by atoms with van der Waals surface area (Å²) in [6.07, 6.45) is -0.394. The number of carbonyl (C=O) groups is 3. The number of nitrogens with one attached hydrogen (secondary N) is 1. The molecule has 0 fully saturated rings. The SMILES string of the molecule is NC(=O)CC[C@H](N)C(=O)NC(Cc1ccc(F)c(F)c1)C(=O)O. The average Bonchev–Trinajstić information content (AvgIpc) is 2.47. The van der Waals surface area contributed by atoms with Crippen LogP contribution in [-0.2, 0) is 20.8 Å². The monoisotopic (exact) mass is 329 g/mol. The minimum atomic E-state index is -1.37. The normalized spacial score (nSPS) is 13.2. The van der Waals surface area contributed by atoms with Crippen LogP contribution in [0.15, 0.2) is 18.2 Å². The number of carboxylic acids is 1. The Hall–Kier alpha value is -2.55. The predicted octanol–water partition coefficient (Wildman–Crippen LogP) is -0.330. The smallest absolute Gasteiger partial charge is 0.326 e. The van der Waals surface area contributed by atoms with E-state index in [4.69, 9.17) is 16.6 Å². The molecule has 0 saturated carbocycles. The van der Waals surface area contributed by atoms with Crippen LogP contribution in [0.1, 0.15) is 18.4 Å². The van der Waals surface area contributed by atoms with E-state index in [-0.39, 0.29) is 24.8 Å².